The lowest BCUT2D eigenvalue weighted by atomic mass is 10.1. The number of nitrogens with one attached hydrogen (secondary N) is 1. The predicted octanol–water partition coefficient (Wildman–Crippen LogP) is 1.31. The van der Waals surface area contributed by atoms with E-state index in [1.165, 1.54) is 5.56 Å². The molecule has 3 nitrogen and oxygen atoms in total. The van der Waals surface area contributed by atoms with Gasteiger partial charge in [0.1, 0.15) is 5.75 Å². The fraction of sp³-hybridized carbons (Fsp3) is 0.500. The van der Waals surface area contributed by atoms with E-state index in [1.54, 1.807) is 0 Å². The molecule has 15 heavy (non-hydrogen) atoms. The summed E-state index contributed by atoms with van der Waals surface area (Å²) in [7, 11) is 0. The van der Waals surface area contributed by atoms with Crippen molar-refractivity contribution in [2.45, 2.75) is 25.5 Å². The van der Waals surface area contributed by atoms with Gasteiger partial charge in [-0.15, -0.1) is 0 Å². The third-order valence-electron chi connectivity index (χ3n) is 2.62. The van der Waals surface area contributed by atoms with Crippen molar-refractivity contribution in [2.24, 2.45) is 0 Å². The summed E-state index contributed by atoms with van der Waals surface area (Å²) in [5.41, 5.74) is 1.29. The molecule has 0 saturated heterocycles. The van der Waals surface area contributed by atoms with Gasteiger partial charge in [0.2, 0.25) is 0 Å². The van der Waals surface area contributed by atoms with Crippen LogP contribution in [0.3, 0.4) is 0 Å². The maximum Gasteiger partial charge on any atom is 0.150 e. The van der Waals surface area contributed by atoms with Crippen molar-refractivity contribution in [1.82, 2.24) is 5.32 Å². The molecule has 82 valence electrons. The number of hydrogen-bond acceptors (Lipinski definition) is 3. The molecule has 2 N–H and O–H groups in total. The highest BCUT2D eigenvalue weighted by Crippen LogP contribution is 2.25. The van der Waals surface area contributed by atoms with E-state index < -0.39 is 0 Å². The molecule has 0 bridgehead atoms. The van der Waals surface area contributed by atoms with Gasteiger partial charge in [-0.2, -0.15) is 0 Å². The molecule has 1 heterocycles. The number of ether oxygens (including phenoxy) is 1. The van der Waals surface area contributed by atoms with Crippen molar-refractivity contribution >= 4 is 0 Å². The number of hydrogen-bond donors (Lipinski definition) is 2. The zero-order valence-electron chi connectivity index (χ0n) is 8.78. The lowest BCUT2D eigenvalue weighted by Gasteiger charge is -2.26. The first kappa shape index (κ1) is 10.5. The molecule has 0 fully saturated rings. The highest BCUT2D eigenvalue weighted by molar-refractivity contribution is 5.34. The van der Waals surface area contributed by atoms with Crippen molar-refractivity contribution in [3.05, 3.63) is 29.8 Å². The van der Waals surface area contributed by atoms with Crippen LogP contribution in [0.5, 0.6) is 5.75 Å². The molecule has 0 aromatic heterocycles. The van der Waals surface area contributed by atoms with E-state index in [2.05, 4.69) is 11.4 Å². The van der Waals surface area contributed by atoms with Crippen molar-refractivity contribution in [1.29, 1.82) is 0 Å². The van der Waals surface area contributed by atoms with Crippen molar-refractivity contribution in [2.75, 3.05) is 13.2 Å². The van der Waals surface area contributed by atoms with E-state index in [1.807, 2.05) is 18.2 Å². The van der Waals surface area contributed by atoms with Gasteiger partial charge in [0.25, 0.3) is 0 Å². The molecule has 1 aromatic carbocycles. The van der Waals surface area contributed by atoms with E-state index in [0.29, 0.717) is 0 Å². The number of para-hydroxylation sites is 1. The molecule has 1 aliphatic heterocycles. The third-order valence-corrected chi connectivity index (χ3v) is 2.62. The van der Waals surface area contributed by atoms with Gasteiger partial charge in [0, 0.05) is 19.6 Å². The van der Waals surface area contributed by atoms with Crippen molar-refractivity contribution in [3.63, 3.8) is 0 Å². The minimum absolute atomic E-state index is 0.103. The molecule has 1 unspecified atom stereocenters. The Labute approximate surface area is 90.1 Å². The lowest BCUT2D eigenvalue weighted by molar-refractivity contribution is 0.135. The summed E-state index contributed by atoms with van der Waals surface area (Å²) in [4.78, 5) is 0. The highest BCUT2D eigenvalue weighted by atomic mass is 16.5. The fourth-order valence-electron chi connectivity index (χ4n) is 1.81. The van der Waals surface area contributed by atoms with E-state index in [9.17, 15) is 0 Å². The van der Waals surface area contributed by atoms with Gasteiger partial charge in [0.05, 0.1) is 0 Å². The number of rotatable bonds is 4. The molecule has 0 radical (unpaired) electrons. The Morgan fingerprint density at radius 1 is 1.40 bits per heavy atom. The standard InChI is InChI=1S/C12H17NO2/c14-9-3-8-13-12-7-6-10-4-1-2-5-11(10)15-12/h1-2,4-5,12-14H,3,6-9H2. The van der Waals surface area contributed by atoms with Gasteiger partial charge in [-0.05, 0) is 24.5 Å². The first-order valence-corrected chi connectivity index (χ1v) is 5.49. The van der Waals surface area contributed by atoms with Gasteiger partial charge < -0.3 is 9.84 Å². The quantitative estimate of drug-likeness (QED) is 0.731. The smallest absolute Gasteiger partial charge is 0.150 e. The van der Waals surface area contributed by atoms with Gasteiger partial charge in [0.15, 0.2) is 6.23 Å². The molecule has 1 atom stereocenters. The predicted molar refractivity (Wildman–Crippen MR) is 58.9 cm³/mol. The second kappa shape index (κ2) is 5.14. The van der Waals surface area contributed by atoms with Crippen LogP contribution in [0.2, 0.25) is 0 Å². The highest BCUT2D eigenvalue weighted by Gasteiger charge is 2.17. The largest absolute Gasteiger partial charge is 0.475 e. The molecular formula is C12H17NO2. The molecule has 0 amide bonds. The van der Waals surface area contributed by atoms with Gasteiger partial charge in [-0.3, -0.25) is 5.32 Å². The SMILES string of the molecule is OCCCNC1CCc2ccccc2O1. The van der Waals surface area contributed by atoms with Crippen LogP contribution in [0.25, 0.3) is 0 Å². The maximum atomic E-state index is 8.67. The van der Waals surface area contributed by atoms with Crippen LogP contribution >= 0.6 is 0 Å². The van der Waals surface area contributed by atoms with Crippen molar-refractivity contribution in [3.8, 4) is 5.75 Å². The summed E-state index contributed by atoms with van der Waals surface area (Å²) in [5, 5.41) is 12.0. The van der Waals surface area contributed by atoms with E-state index in [4.69, 9.17) is 9.84 Å². The van der Waals surface area contributed by atoms with Gasteiger partial charge in [-0.25, -0.2) is 0 Å². The van der Waals surface area contributed by atoms with Gasteiger partial charge >= 0.3 is 0 Å². The zero-order valence-corrected chi connectivity index (χ0v) is 8.78. The average Bonchev–Trinajstić information content (AvgIpc) is 2.29. The van der Waals surface area contributed by atoms with Crippen LogP contribution in [0.4, 0.5) is 0 Å². The van der Waals surface area contributed by atoms with E-state index >= 15 is 0 Å². The van der Waals surface area contributed by atoms with Crippen LogP contribution in [0.1, 0.15) is 18.4 Å². The molecule has 2 rings (SSSR count). The molecule has 0 spiro atoms. The molecule has 0 saturated carbocycles. The molecule has 1 aliphatic rings. The Morgan fingerprint density at radius 2 is 2.27 bits per heavy atom. The number of aliphatic hydroxyl groups excluding tert-OH is 1. The van der Waals surface area contributed by atoms with E-state index in [0.717, 1.165) is 31.6 Å². The Kier molecular flexibility index (Phi) is 3.59. The first-order valence-electron chi connectivity index (χ1n) is 5.49. The van der Waals surface area contributed by atoms with Crippen LogP contribution in [-0.4, -0.2) is 24.5 Å². The van der Waals surface area contributed by atoms with Crippen LogP contribution < -0.4 is 10.1 Å². The summed E-state index contributed by atoms with van der Waals surface area (Å²) in [5.74, 6) is 0.991. The Bertz CT molecular complexity index is 314. The van der Waals surface area contributed by atoms with Crippen molar-refractivity contribution < 1.29 is 9.84 Å². The fourth-order valence-corrected chi connectivity index (χ4v) is 1.81. The molecular weight excluding hydrogens is 190 g/mol. The Balaban J connectivity index is 1.88. The number of fused-ring (bicyclic) bond motifs is 1. The summed E-state index contributed by atoms with van der Waals surface area (Å²) in [6.07, 6.45) is 2.95. The minimum Gasteiger partial charge on any atom is -0.475 e. The van der Waals surface area contributed by atoms with E-state index in [-0.39, 0.29) is 12.8 Å². The molecule has 3 heteroatoms. The number of benzene rings is 1. The summed E-state index contributed by atoms with van der Waals surface area (Å²) < 4.78 is 5.79. The van der Waals surface area contributed by atoms with Crippen LogP contribution in [-0.2, 0) is 6.42 Å². The average molecular weight is 207 g/mol. The topological polar surface area (TPSA) is 41.5 Å². The summed E-state index contributed by atoms with van der Waals surface area (Å²) in [6.45, 7) is 1.04. The third kappa shape index (κ3) is 2.70. The summed E-state index contributed by atoms with van der Waals surface area (Å²) >= 11 is 0. The van der Waals surface area contributed by atoms with Crippen LogP contribution in [0, 0.1) is 0 Å². The number of aryl methyl sites for hydroxylation is 1. The lowest BCUT2D eigenvalue weighted by Crippen LogP contribution is -2.38. The normalized spacial score (nSPS) is 19.4. The molecule has 1 aromatic rings. The Hall–Kier alpha value is -1.06. The number of aliphatic hydroxyl groups is 1. The summed E-state index contributed by atoms with van der Waals surface area (Å²) in [6, 6.07) is 8.16. The second-order valence-electron chi connectivity index (χ2n) is 3.78. The molecule has 0 aliphatic carbocycles. The monoisotopic (exact) mass is 207 g/mol. The Morgan fingerprint density at radius 3 is 3.13 bits per heavy atom. The zero-order chi connectivity index (χ0) is 10.5. The van der Waals surface area contributed by atoms with Gasteiger partial charge in [-0.1, -0.05) is 18.2 Å². The first-order chi connectivity index (χ1) is 7.40. The van der Waals surface area contributed by atoms with Crippen LogP contribution in [0.15, 0.2) is 24.3 Å². The maximum absolute atomic E-state index is 8.67. The second-order valence-corrected chi connectivity index (χ2v) is 3.78. The minimum atomic E-state index is 0.103.